The number of thiophene rings is 1. The maximum absolute atomic E-state index is 13.4. The van der Waals surface area contributed by atoms with Crippen molar-refractivity contribution in [3.63, 3.8) is 0 Å². The molecule has 0 bridgehead atoms. The molecule has 1 aliphatic carbocycles. The van der Waals surface area contributed by atoms with Gasteiger partial charge in [0.1, 0.15) is 4.21 Å². The highest BCUT2D eigenvalue weighted by Crippen LogP contribution is 2.40. The predicted molar refractivity (Wildman–Crippen MR) is 136 cm³/mol. The molecule has 2 aromatic rings. The predicted octanol–water partition coefficient (Wildman–Crippen LogP) is 4.64. The molecule has 2 heterocycles. The van der Waals surface area contributed by atoms with Gasteiger partial charge in [-0.25, -0.2) is 8.42 Å². The molecule has 0 radical (unpaired) electrons. The van der Waals surface area contributed by atoms with E-state index in [4.69, 9.17) is 23.2 Å². The van der Waals surface area contributed by atoms with Gasteiger partial charge >= 0.3 is 5.97 Å². The van der Waals surface area contributed by atoms with Gasteiger partial charge in [-0.05, 0) is 67.3 Å². The molecule has 1 amide bonds. The molecular weight excluding hydrogens is 531 g/mol. The van der Waals surface area contributed by atoms with Crippen LogP contribution in [0.3, 0.4) is 0 Å². The van der Waals surface area contributed by atoms with Crippen LogP contribution in [0.15, 0.2) is 40.6 Å². The van der Waals surface area contributed by atoms with Crippen molar-refractivity contribution in [3.8, 4) is 0 Å². The third-order valence-corrected chi connectivity index (χ3v) is 10.5. The molecule has 1 N–H and O–H groups in total. The van der Waals surface area contributed by atoms with Crippen molar-refractivity contribution >= 4 is 56.4 Å². The number of hydrogen-bond donors (Lipinski definition) is 1. The van der Waals surface area contributed by atoms with E-state index in [0.29, 0.717) is 28.7 Å². The van der Waals surface area contributed by atoms with E-state index in [0.717, 1.165) is 29.7 Å². The number of aliphatic carboxylic acids is 1. The van der Waals surface area contributed by atoms with Gasteiger partial charge in [-0.1, -0.05) is 35.3 Å². The minimum absolute atomic E-state index is 0.0507. The summed E-state index contributed by atoms with van der Waals surface area (Å²) in [5.41, 5.74) is 1.03. The third kappa shape index (κ3) is 6.38. The summed E-state index contributed by atoms with van der Waals surface area (Å²) in [4.78, 5) is 26.7. The van der Waals surface area contributed by atoms with Crippen LogP contribution in [0.1, 0.15) is 31.2 Å². The maximum Gasteiger partial charge on any atom is 0.304 e. The van der Waals surface area contributed by atoms with Crippen molar-refractivity contribution in [3.05, 3.63) is 51.3 Å². The van der Waals surface area contributed by atoms with Crippen LogP contribution >= 0.6 is 34.5 Å². The van der Waals surface area contributed by atoms with Crippen LogP contribution in [-0.2, 0) is 26.0 Å². The summed E-state index contributed by atoms with van der Waals surface area (Å²) in [5, 5.41) is 10.1. The highest BCUT2D eigenvalue weighted by molar-refractivity contribution is 7.91. The zero-order valence-electron chi connectivity index (χ0n) is 19.3. The number of halogens is 2. The fourth-order valence-electron chi connectivity index (χ4n) is 4.94. The number of amides is 1. The smallest absolute Gasteiger partial charge is 0.304 e. The van der Waals surface area contributed by atoms with Gasteiger partial charge in [-0.15, -0.1) is 11.3 Å². The maximum atomic E-state index is 13.4. The Morgan fingerprint density at radius 3 is 2.60 bits per heavy atom. The highest BCUT2D eigenvalue weighted by Gasteiger charge is 2.45. The first-order chi connectivity index (χ1) is 16.5. The Hall–Kier alpha value is -1.65. The minimum atomic E-state index is -3.75. The Balaban J connectivity index is 1.57. The lowest BCUT2D eigenvalue weighted by Gasteiger charge is -2.42. The number of carbonyl (C=O) groups excluding carboxylic acids is 1. The molecule has 2 aliphatic rings. The number of benzene rings is 1. The molecule has 35 heavy (non-hydrogen) atoms. The number of carboxylic acids is 1. The van der Waals surface area contributed by atoms with E-state index < -0.39 is 21.9 Å². The molecule has 1 aliphatic heterocycles. The monoisotopic (exact) mass is 558 g/mol. The third-order valence-electron chi connectivity index (χ3n) is 6.76. The number of nitrogens with zero attached hydrogens (tertiary/aromatic N) is 2. The van der Waals surface area contributed by atoms with Gasteiger partial charge in [-0.2, -0.15) is 4.31 Å². The average Bonchev–Trinajstić information content (AvgIpc) is 3.53. The van der Waals surface area contributed by atoms with Crippen LogP contribution in [0.4, 0.5) is 0 Å². The zero-order valence-corrected chi connectivity index (χ0v) is 22.4. The first-order valence-corrected chi connectivity index (χ1v) is 14.5. The van der Waals surface area contributed by atoms with Gasteiger partial charge < -0.3 is 10.0 Å². The number of likely N-dealkylation sites (N-methyl/N-ethyl adjacent to an activating group) is 1. The molecule has 1 aromatic heterocycles. The van der Waals surface area contributed by atoms with E-state index in [9.17, 15) is 23.1 Å². The van der Waals surface area contributed by atoms with Gasteiger partial charge in [0.25, 0.3) is 10.0 Å². The molecule has 4 rings (SSSR count). The van der Waals surface area contributed by atoms with Crippen LogP contribution in [-0.4, -0.2) is 60.8 Å². The Kier molecular flexibility index (Phi) is 8.12. The molecule has 1 aromatic carbocycles. The van der Waals surface area contributed by atoms with Gasteiger partial charge in [0, 0.05) is 37.1 Å². The number of likely N-dealkylation sites (tertiary alicyclic amines) is 1. The van der Waals surface area contributed by atoms with E-state index in [1.807, 2.05) is 18.2 Å². The Bertz CT molecular complexity index is 1200. The molecule has 0 spiro atoms. The molecule has 11 heteroatoms. The second-order valence-electron chi connectivity index (χ2n) is 9.47. The number of hydrogen-bond acceptors (Lipinski definition) is 5. The number of sulfonamides is 1. The summed E-state index contributed by atoms with van der Waals surface area (Å²) >= 11 is 13.1. The summed E-state index contributed by atoms with van der Waals surface area (Å²) in [6.45, 7) is 0.610. The van der Waals surface area contributed by atoms with Crippen LogP contribution in [0, 0.1) is 17.8 Å². The van der Waals surface area contributed by atoms with Crippen molar-refractivity contribution in [2.45, 2.75) is 42.4 Å². The fraction of sp³-hybridized carbons (Fsp3) is 0.500. The first-order valence-electron chi connectivity index (χ1n) is 11.5. The van der Waals surface area contributed by atoms with Crippen LogP contribution < -0.4 is 0 Å². The molecule has 190 valence electrons. The van der Waals surface area contributed by atoms with Crippen molar-refractivity contribution in [2.75, 3.05) is 20.1 Å². The average molecular weight is 560 g/mol. The van der Waals surface area contributed by atoms with Gasteiger partial charge in [0.2, 0.25) is 5.91 Å². The topological polar surface area (TPSA) is 95.0 Å². The number of carboxylic acid groups (broad SMARTS) is 1. The summed E-state index contributed by atoms with van der Waals surface area (Å²) in [5.74, 6) is -1.60. The second kappa shape index (κ2) is 10.8. The Morgan fingerprint density at radius 2 is 2.00 bits per heavy atom. The number of rotatable bonds is 10. The molecule has 1 saturated carbocycles. The van der Waals surface area contributed by atoms with Crippen molar-refractivity contribution in [1.29, 1.82) is 0 Å². The van der Waals surface area contributed by atoms with Gasteiger partial charge in [-0.3, -0.25) is 9.59 Å². The normalized spacial score (nSPS) is 21.9. The molecular formula is C24H28Cl2N2O5S2. The first kappa shape index (κ1) is 26.4. The van der Waals surface area contributed by atoms with E-state index in [1.165, 1.54) is 17.4 Å². The summed E-state index contributed by atoms with van der Waals surface area (Å²) in [6, 6.07) is 10.3. The molecule has 2 fully saturated rings. The summed E-state index contributed by atoms with van der Waals surface area (Å²) in [6.07, 6.45) is 2.74. The van der Waals surface area contributed by atoms with Crippen molar-refractivity contribution in [1.82, 2.24) is 9.21 Å². The van der Waals surface area contributed by atoms with Gasteiger partial charge in [0.15, 0.2) is 0 Å². The van der Waals surface area contributed by atoms with E-state index in [-0.39, 0.29) is 41.0 Å². The number of carbonyl (C=O) groups is 2. The molecule has 7 nitrogen and oxygen atoms in total. The largest absolute Gasteiger partial charge is 0.481 e. The highest BCUT2D eigenvalue weighted by atomic mass is 35.5. The lowest BCUT2D eigenvalue weighted by atomic mass is 9.82. The molecule has 3 unspecified atom stereocenters. The standard InChI is InChI=1S/C24H28Cl2N2O5S2/c1-27(35(32,33)23-8-7-21(26)34-23)14-20(17-5-6-17)28-13-16(9-15-3-2-4-19(25)11-15)10-18(24(28)31)12-22(29)30/h2-4,7-8,11,16-18,20H,5-6,9-10,12-14H2,1H3,(H,29,30). The molecule has 3 atom stereocenters. The zero-order chi connectivity index (χ0) is 25.3. The number of piperidine rings is 1. The fourth-order valence-corrected chi connectivity index (χ4v) is 8.04. The van der Waals surface area contributed by atoms with E-state index >= 15 is 0 Å². The lowest BCUT2D eigenvalue weighted by molar-refractivity contribution is -0.150. The van der Waals surface area contributed by atoms with E-state index in [2.05, 4.69) is 0 Å². The summed E-state index contributed by atoms with van der Waals surface area (Å²) < 4.78 is 28.1. The van der Waals surface area contributed by atoms with Crippen LogP contribution in [0.5, 0.6) is 0 Å². The molecule has 1 saturated heterocycles. The van der Waals surface area contributed by atoms with Gasteiger partial charge in [0.05, 0.1) is 10.8 Å². The second-order valence-corrected chi connectivity index (χ2v) is 13.9. The Labute approximate surface area is 219 Å². The minimum Gasteiger partial charge on any atom is -0.481 e. The SMILES string of the molecule is CN(CC(C1CC1)N1CC(Cc2cccc(Cl)c2)CC(CC(=O)O)C1=O)S(=O)(=O)c1ccc(Cl)s1. The van der Waals surface area contributed by atoms with Crippen LogP contribution in [0.2, 0.25) is 9.36 Å². The van der Waals surface area contributed by atoms with Crippen LogP contribution in [0.25, 0.3) is 0 Å². The van der Waals surface area contributed by atoms with Crippen molar-refractivity contribution < 1.29 is 23.1 Å². The Morgan fingerprint density at radius 1 is 1.26 bits per heavy atom. The van der Waals surface area contributed by atoms with Crippen molar-refractivity contribution in [2.24, 2.45) is 17.8 Å². The summed E-state index contributed by atoms with van der Waals surface area (Å²) in [7, 11) is -2.24. The quantitative estimate of drug-likeness (QED) is 0.458. The lowest BCUT2D eigenvalue weighted by Crippen LogP contribution is -2.55. The van der Waals surface area contributed by atoms with E-state index in [1.54, 1.807) is 17.0 Å².